The summed E-state index contributed by atoms with van der Waals surface area (Å²) >= 11 is 0. The molecular formula is C17H14N2. The van der Waals surface area contributed by atoms with Gasteiger partial charge in [-0.25, -0.2) is 4.98 Å². The quantitative estimate of drug-likeness (QED) is 0.591. The fourth-order valence-electron chi connectivity index (χ4n) is 2.91. The van der Waals surface area contributed by atoms with Crippen LogP contribution in [-0.2, 0) is 12.8 Å². The number of aromatic nitrogens is 2. The SMILES string of the molecule is c1cccc2nc3cccc4c3c(n2ccc1)CC4. The third-order valence-corrected chi connectivity index (χ3v) is 3.75. The predicted molar refractivity (Wildman–Crippen MR) is 77.7 cm³/mol. The van der Waals surface area contributed by atoms with E-state index in [0.717, 1.165) is 24.0 Å². The van der Waals surface area contributed by atoms with E-state index in [1.807, 2.05) is 24.3 Å². The Morgan fingerprint density at radius 2 is 1.74 bits per heavy atom. The van der Waals surface area contributed by atoms with Crippen LogP contribution in [0.3, 0.4) is 0 Å². The minimum absolute atomic E-state index is 0.998. The van der Waals surface area contributed by atoms with Gasteiger partial charge in [-0.15, -0.1) is 0 Å². The van der Waals surface area contributed by atoms with Crippen molar-refractivity contribution in [2.75, 3.05) is 0 Å². The zero-order valence-electron chi connectivity index (χ0n) is 10.6. The summed E-state index contributed by atoms with van der Waals surface area (Å²) in [4.78, 5) is 4.80. The van der Waals surface area contributed by atoms with E-state index >= 15 is 0 Å². The van der Waals surface area contributed by atoms with E-state index in [9.17, 15) is 0 Å². The molecule has 0 saturated carbocycles. The zero-order chi connectivity index (χ0) is 12.7. The highest BCUT2D eigenvalue weighted by atomic mass is 15.0. The van der Waals surface area contributed by atoms with Gasteiger partial charge in [0.1, 0.15) is 5.65 Å². The Labute approximate surface area is 111 Å². The first-order chi connectivity index (χ1) is 9.43. The largest absolute Gasteiger partial charge is 0.305 e. The first-order valence-corrected chi connectivity index (χ1v) is 6.64. The molecule has 0 N–H and O–H groups in total. The maximum Gasteiger partial charge on any atom is 0.137 e. The molecule has 0 radical (unpaired) electrons. The van der Waals surface area contributed by atoms with Crippen LogP contribution >= 0.6 is 0 Å². The number of benzene rings is 1. The number of fused-ring (bicyclic) bond motifs is 2. The second-order valence-corrected chi connectivity index (χ2v) is 4.88. The molecule has 3 aromatic rings. The summed E-state index contributed by atoms with van der Waals surface area (Å²) in [6.45, 7) is 0. The Morgan fingerprint density at radius 1 is 0.842 bits per heavy atom. The molecule has 0 amide bonds. The molecule has 0 aliphatic heterocycles. The lowest BCUT2D eigenvalue weighted by Gasteiger charge is -2.06. The summed E-state index contributed by atoms with van der Waals surface area (Å²) < 4.78 is 2.22. The van der Waals surface area contributed by atoms with Crippen molar-refractivity contribution in [2.45, 2.75) is 12.8 Å². The van der Waals surface area contributed by atoms with Gasteiger partial charge in [0.05, 0.1) is 5.52 Å². The Hall–Kier alpha value is -2.35. The van der Waals surface area contributed by atoms with E-state index in [-0.39, 0.29) is 0 Å². The van der Waals surface area contributed by atoms with Gasteiger partial charge in [0.2, 0.25) is 0 Å². The van der Waals surface area contributed by atoms with Crippen LogP contribution in [-0.4, -0.2) is 9.38 Å². The van der Waals surface area contributed by atoms with E-state index in [4.69, 9.17) is 4.98 Å². The number of nitrogens with zero attached hydrogens (tertiary/aromatic N) is 2. The van der Waals surface area contributed by atoms with E-state index < -0.39 is 0 Å². The van der Waals surface area contributed by atoms with E-state index in [0.29, 0.717) is 0 Å². The highest BCUT2D eigenvalue weighted by molar-refractivity contribution is 5.88. The van der Waals surface area contributed by atoms with Gasteiger partial charge in [-0.1, -0.05) is 36.4 Å². The first-order valence-electron chi connectivity index (χ1n) is 6.64. The predicted octanol–water partition coefficient (Wildman–Crippen LogP) is 3.71. The minimum atomic E-state index is 0.998. The zero-order valence-corrected chi connectivity index (χ0v) is 10.6. The normalized spacial score (nSPS) is 12.8. The van der Waals surface area contributed by atoms with Crippen molar-refractivity contribution in [3.8, 4) is 0 Å². The van der Waals surface area contributed by atoms with E-state index in [1.165, 1.54) is 16.6 Å². The monoisotopic (exact) mass is 246 g/mol. The number of hydrogen-bond acceptors (Lipinski definition) is 1. The highest BCUT2D eigenvalue weighted by Gasteiger charge is 2.16. The Bertz CT molecular complexity index is 829. The van der Waals surface area contributed by atoms with Crippen molar-refractivity contribution in [2.24, 2.45) is 0 Å². The summed E-state index contributed by atoms with van der Waals surface area (Å²) in [5, 5.41) is 1.34. The van der Waals surface area contributed by atoms with Crippen LogP contribution in [0, 0.1) is 0 Å². The topological polar surface area (TPSA) is 17.3 Å². The average molecular weight is 246 g/mol. The van der Waals surface area contributed by atoms with Crippen molar-refractivity contribution in [1.82, 2.24) is 9.38 Å². The Morgan fingerprint density at radius 3 is 2.74 bits per heavy atom. The molecule has 92 valence electrons. The van der Waals surface area contributed by atoms with Gasteiger partial charge in [0.25, 0.3) is 0 Å². The molecule has 1 aromatic carbocycles. The molecule has 2 aromatic heterocycles. The van der Waals surface area contributed by atoms with Gasteiger partial charge in [0.15, 0.2) is 0 Å². The van der Waals surface area contributed by atoms with Crippen LogP contribution in [0.25, 0.3) is 16.6 Å². The molecule has 0 unspecified atom stereocenters. The molecule has 0 spiro atoms. The molecular weight excluding hydrogens is 232 g/mol. The van der Waals surface area contributed by atoms with Gasteiger partial charge in [-0.3, -0.25) is 0 Å². The molecule has 0 bridgehead atoms. The summed E-state index contributed by atoms with van der Waals surface area (Å²) in [5.41, 5.74) is 4.92. The van der Waals surface area contributed by atoms with Gasteiger partial charge in [-0.2, -0.15) is 0 Å². The maximum atomic E-state index is 4.80. The fourth-order valence-corrected chi connectivity index (χ4v) is 2.91. The van der Waals surface area contributed by atoms with Crippen LogP contribution in [0.2, 0.25) is 0 Å². The highest BCUT2D eigenvalue weighted by Crippen LogP contribution is 2.29. The summed E-state index contributed by atoms with van der Waals surface area (Å²) in [5.74, 6) is 0. The molecule has 1 aliphatic carbocycles. The van der Waals surface area contributed by atoms with Crippen LogP contribution in [0.1, 0.15) is 11.3 Å². The van der Waals surface area contributed by atoms with E-state index in [1.54, 1.807) is 0 Å². The first kappa shape index (κ1) is 10.6. The van der Waals surface area contributed by atoms with E-state index in [2.05, 4.69) is 40.9 Å². The number of rotatable bonds is 0. The minimum Gasteiger partial charge on any atom is -0.305 e. The third kappa shape index (κ3) is 1.60. The van der Waals surface area contributed by atoms with Crippen LogP contribution in [0.5, 0.6) is 0 Å². The molecule has 4 rings (SSSR count). The van der Waals surface area contributed by atoms with Crippen LogP contribution in [0.15, 0.2) is 60.8 Å². The van der Waals surface area contributed by atoms with Crippen molar-refractivity contribution >= 4 is 16.6 Å². The lowest BCUT2D eigenvalue weighted by molar-refractivity contribution is 0.937. The van der Waals surface area contributed by atoms with Crippen molar-refractivity contribution < 1.29 is 0 Å². The molecule has 19 heavy (non-hydrogen) atoms. The van der Waals surface area contributed by atoms with Crippen molar-refractivity contribution in [3.05, 3.63) is 72.1 Å². The lowest BCUT2D eigenvalue weighted by Crippen LogP contribution is -1.97. The number of aryl methyl sites for hydroxylation is 2. The lowest BCUT2D eigenvalue weighted by atomic mass is 10.1. The Kier molecular flexibility index (Phi) is 2.27. The van der Waals surface area contributed by atoms with Crippen LogP contribution < -0.4 is 0 Å². The van der Waals surface area contributed by atoms with Crippen molar-refractivity contribution in [1.29, 1.82) is 0 Å². The van der Waals surface area contributed by atoms with Gasteiger partial charge in [-0.05, 0) is 36.6 Å². The standard InChI is InChI=1S/C17H14N2/c1-2-4-9-16-18-14-8-6-7-13-10-11-15(17(13)14)19(16)12-5-3-1/h1-9,12H,10-11H2. The van der Waals surface area contributed by atoms with Crippen molar-refractivity contribution in [3.63, 3.8) is 0 Å². The summed E-state index contributed by atoms with van der Waals surface area (Å²) in [6, 6.07) is 18.7. The van der Waals surface area contributed by atoms with Gasteiger partial charge in [0, 0.05) is 17.3 Å². The summed E-state index contributed by atoms with van der Waals surface area (Å²) in [7, 11) is 0. The number of hydrogen-bond donors (Lipinski definition) is 0. The second kappa shape index (κ2) is 4.09. The van der Waals surface area contributed by atoms with Gasteiger partial charge >= 0.3 is 0 Å². The molecule has 0 saturated heterocycles. The van der Waals surface area contributed by atoms with Crippen LogP contribution in [0.4, 0.5) is 0 Å². The maximum absolute atomic E-state index is 4.80. The third-order valence-electron chi connectivity index (χ3n) is 3.75. The van der Waals surface area contributed by atoms with Gasteiger partial charge < -0.3 is 4.40 Å². The molecule has 2 heterocycles. The smallest absolute Gasteiger partial charge is 0.137 e. The average Bonchev–Trinajstić information content (AvgIpc) is 2.89. The molecule has 2 heteroatoms. The molecule has 0 fully saturated rings. The Balaban J connectivity index is 2.26. The second-order valence-electron chi connectivity index (χ2n) is 4.88. The fraction of sp³-hybridized carbons (Fsp3) is 0.118. The molecule has 1 aliphatic rings. The summed E-state index contributed by atoms with van der Waals surface area (Å²) in [6.07, 6.45) is 4.33. The molecule has 0 atom stereocenters. The molecule has 2 nitrogen and oxygen atoms in total.